The molecule has 1 atom stereocenters. The third-order valence-electron chi connectivity index (χ3n) is 3.96. The molecule has 0 aliphatic rings. The molecule has 114 valence electrons. The second-order valence-electron chi connectivity index (χ2n) is 6.21. The fourth-order valence-corrected chi connectivity index (χ4v) is 2.85. The van der Waals surface area contributed by atoms with Crippen molar-refractivity contribution in [3.8, 4) is 0 Å². The van der Waals surface area contributed by atoms with Crippen LogP contribution < -0.4 is 0 Å². The smallest absolute Gasteiger partial charge is 0.335 e. The van der Waals surface area contributed by atoms with Crippen molar-refractivity contribution in [3.05, 3.63) is 29.6 Å². The first-order chi connectivity index (χ1) is 9.90. The molecule has 4 heteroatoms. The first-order valence-electron chi connectivity index (χ1n) is 7.62. The molecule has 0 spiro atoms. The Morgan fingerprint density at radius 1 is 1.29 bits per heavy atom. The summed E-state index contributed by atoms with van der Waals surface area (Å²) in [5.41, 5.74) is 2.11. The van der Waals surface area contributed by atoms with Crippen LogP contribution in [0.2, 0.25) is 0 Å². The second-order valence-corrected chi connectivity index (χ2v) is 6.21. The first-order valence-corrected chi connectivity index (χ1v) is 7.62. The van der Waals surface area contributed by atoms with Crippen molar-refractivity contribution in [3.63, 3.8) is 0 Å². The number of aryl methyl sites for hydroxylation is 1. The van der Waals surface area contributed by atoms with E-state index in [-0.39, 0.29) is 0 Å². The SMILES string of the molecule is Cc1nc2ccc(C(=O)O)cc2n1C(C)CCCC(C)C. The summed E-state index contributed by atoms with van der Waals surface area (Å²) in [6, 6.07) is 5.47. The van der Waals surface area contributed by atoms with Crippen molar-refractivity contribution < 1.29 is 9.90 Å². The molecule has 0 aliphatic carbocycles. The van der Waals surface area contributed by atoms with Gasteiger partial charge in [0.25, 0.3) is 0 Å². The zero-order valence-electron chi connectivity index (χ0n) is 13.3. The summed E-state index contributed by atoms with van der Waals surface area (Å²) in [6.45, 7) is 8.64. The zero-order valence-corrected chi connectivity index (χ0v) is 13.3. The lowest BCUT2D eigenvalue weighted by atomic mass is 10.0. The topological polar surface area (TPSA) is 55.1 Å². The Hall–Kier alpha value is -1.84. The van der Waals surface area contributed by atoms with Gasteiger partial charge in [0, 0.05) is 6.04 Å². The molecule has 0 bridgehead atoms. The van der Waals surface area contributed by atoms with Crippen LogP contribution in [0.5, 0.6) is 0 Å². The van der Waals surface area contributed by atoms with Gasteiger partial charge in [0.2, 0.25) is 0 Å². The molecule has 0 saturated carbocycles. The molecule has 1 aromatic carbocycles. The Labute approximate surface area is 125 Å². The van der Waals surface area contributed by atoms with Crippen LogP contribution in [0.25, 0.3) is 11.0 Å². The Bertz CT molecular complexity index is 644. The molecule has 2 rings (SSSR count). The number of aromatic nitrogens is 2. The number of nitrogens with zero attached hydrogens (tertiary/aromatic N) is 2. The number of carboxylic acids is 1. The average molecular weight is 288 g/mol. The van der Waals surface area contributed by atoms with Crippen LogP contribution in [-0.2, 0) is 0 Å². The minimum atomic E-state index is -0.894. The van der Waals surface area contributed by atoms with Crippen LogP contribution in [-0.4, -0.2) is 20.6 Å². The highest BCUT2D eigenvalue weighted by molar-refractivity contribution is 5.92. The van der Waals surface area contributed by atoms with Gasteiger partial charge in [0.1, 0.15) is 5.82 Å². The molecule has 1 aromatic heterocycles. The van der Waals surface area contributed by atoms with E-state index >= 15 is 0 Å². The summed E-state index contributed by atoms with van der Waals surface area (Å²) in [7, 11) is 0. The predicted octanol–water partition coefficient (Wildman–Crippen LogP) is 4.43. The quantitative estimate of drug-likeness (QED) is 0.855. The van der Waals surface area contributed by atoms with Gasteiger partial charge in [-0.05, 0) is 44.4 Å². The number of imidazole rings is 1. The number of hydrogen-bond acceptors (Lipinski definition) is 2. The zero-order chi connectivity index (χ0) is 15.6. The van der Waals surface area contributed by atoms with Crippen molar-refractivity contribution in [1.82, 2.24) is 9.55 Å². The molecule has 1 unspecified atom stereocenters. The summed E-state index contributed by atoms with van der Waals surface area (Å²) in [5, 5.41) is 9.15. The second kappa shape index (κ2) is 6.29. The highest BCUT2D eigenvalue weighted by Gasteiger charge is 2.15. The van der Waals surface area contributed by atoms with Crippen molar-refractivity contribution in [1.29, 1.82) is 0 Å². The van der Waals surface area contributed by atoms with E-state index in [1.54, 1.807) is 18.2 Å². The summed E-state index contributed by atoms with van der Waals surface area (Å²) in [4.78, 5) is 15.7. The van der Waals surface area contributed by atoms with Gasteiger partial charge in [-0.1, -0.05) is 26.7 Å². The molecule has 0 radical (unpaired) electrons. The van der Waals surface area contributed by atoms with E-state index in [1.165, 1.54) is 12.8 Å². The third kappa shape index (κ3) is 3.43. The highest BCUT2D eigenvalue weighted by Crippen LogP contribution is 2.25. The fraction of sp³-hybridized carbons (Fsp3) is 0.529. The van der Waals surface area contributed by atoms with Crippen LogP contribution in [0, 0.1) is 12.8 Å². The van der Waals surface area contributed by atoms with Crippen LogP contribution >= 0.6 is 0 Å². The van der Waals surface area contributed by atoms with Crippen molar-refractivity contribution in [2.24, 2.45) is 5.92 Å². The monoisotopic (exact) mass is 288 g/mol. The number of carboxylic acid groups (broad SMARTS) is 1. The number of fused-ring (bicyclic) bond motifs is 1. The Balaban J connectivity index is 2.31. The Morgan fingerprint density at radius 3 is 2.62 bits per heavy atom. The van der Waals surface area contributed by atoms with E-state index in [9.17, 15) is 4.79 Å². The standard InChI is InChI=1S/C17H24N2O2/c1-11(2)6-5-7-12(3)19-13(4)18-15-9-8-14(17(20)21)10-16(15)19/h8-12H,5-7H2,1-4H3,(H,20,21). The minimum Gasteiger partial charge on any atom is -0.478 e. The Kier molecular flexibility index (Phi) is 4.66. The molecule has 0 fully saturated rings. The maximum absolute atomic E-state index is 11.1. The first kappa shape index (κ1) is 15.5. The molecule has 1 heterocycles. The molecule has 21 heavy (non-hydrogen) atoms. The summed E-state index contributed by atoms with van der Waals surface area (Å²) >= 11 is 0. The highest BCUT2D eigenvalue weighted by atomic mass is 16.4. The van der Waals surface area contributed by atoms with E-state index in [1.807, 2.05) is 6.92 Å². The number of rotatable bonds is 6. The summed E-state index contributed by atoms with van der Waals surface area (Å²) in [6.07, 6.45) is 3.48. The Morgan fingerprint density at radius 2 is 2.00 bits per heavy atom. The molecule has 0 amide bonds. The van der Waals surface area contributed by atoms with Gasteiger partial charge in [0.05, 0.1) is 16.6 Å². The molecular weight excluding hydrogens is 264 g/mol. The molecule has 4 nitrogen and oxygen atoms in total. The number of hydrogen-bond donors (Lipinski definition) is 1. The van der Waals surface area contributed by atoms with Gasteiger partial charge in [-0.2, -0.15) is 0 Å². The fourth-order valence-electron chi connectivity index (χ4n) is 2.85. The lowest BCUT2D eigenvalue weighted by Gasteiger charge is -2.17. The van der Waals surface area contributed by atoms with Crippen molar-refractivity contribution in [2.75, 3.05) is 0 Å². The molecule has 0 aliphatic heterocycles. The minimum absolute atomic E-state index is 0.318. The lowest BCUT2D eigenvalue weighted by molar-refractivity contribution is 0.0697. The lowest BCUT2D eigenvalue weighted by Crippen LogP contribution is -2.08. The van der Waals surface area contributed by atoms with Crippen LogP contribution in [0.15, 0.2) is 18.2 Å². The van der Waals surface area contributed by atoms with Gasteiger partial charge in [0.15, 0.2) is 0 Å². The van der Waals surface area contributed by atoms with E-state index in [2.05, 4.69) is 30.3 Å². The van der Waals surface area contributed by atoms with E-state index in [4.69, 9.17) is 5.11 Å². The number of carbonyl (C=O) groups is 1. The molecular formula is C17H24N2O2. The molecule has 0 saturated heterocycles. The van der Waals surface area contributed by atoms with Gasteiger partial charge >= 0.3 is 5.97 Å². The maximum atomic E-state index is 11.1. The average Bonchev–Trinajstić information content (AvgIpc) is 2.72. The van der Waals surface area contributed by atoms with Crippen LogP contribution in [0.1, 0.15) is 62.3 Å². The van der Waals surface area contributed by atoms with E-state index < -0.39 is 5.97 Å². The number of aromatic carboxylic acids is 1. The van der Waals surface area contributed by atoms with Crippen LogP contribution in [0.3, 0.4) is 0 Å². The van der Waals surface area contributed by atoms with Gasteiger partial charge in [-0.3, -0.25) is 0 Å². The molecule has 1 N–H and O–H groups in total. The van der Waals surface area contributed by atoms with Gasteiger partial charge < -0.3 is 9.67 Å². The predicted molar refractivity (Wildman–Crippen MR) is 84.8 cm³/mol. The van der Waals surface area contributed by atoms with E-state index in [0.29, 0.717) is 11.6 Å². The molecule has 2 aromatic rings. The van der Waals surface area contributed by atoms with Gasteiger partial charge in [-0.15, -0.1) is 0 Å². The number of benzene rings is 1. The summed E-state index contributed by atoms with van der Waals surface area (Å²) < 4.78 is 2.17. The largest absolute Gasteiger partial charge is 0.478 e. The van der Waals surface area contributed by atoms with Crippen LogP contribution in [0.4, 0.5) is 0 Å². The maximum Gasteiger partial charge on any atom is 0.335 e. The van der Waals surface area contributed by atoms with Crippen molar-refractivity contribution >= 4 is 17.0 Å². The van der Waals surface area contributed by atoms with E-state index in [0.717, 1.165) is 29.2 Å². The third-order valence-corrected chi connectivity index (χ3v) is 3.96. The van der Waals surface area contributed by atoms with Gasteiger partial charge in [-0.25, -0.2) is 9.78 Å². The normalized spacial score (nSPS) is 13.0. The summed E-state index contributed by atoms with van der Waals surface area (Å²) in [5.74, 6) is 0.774. The van der Waals surface area contributed by atoms with Crippen molar-refractivity contribution in [2.45, 2.75) is 53.0 Å².